The van der Waals surface area contributed by atoms with Gasteiger partial charge < -0.3 is 8.83 Å². The van der Waals surface area contributed by atoms with Gasteiger partial charge in [0.1, 0.15) is 5.76 Å². The van der Waals surface area contributed by atoms with Gasteiger partial charge in [-0.3, -0.25) is 9.59 Å². The molecule has 2 aromatic carbocycles. The Bertz CT molecular complexity index is 1290. The van der Waals surface area contributed by atoms with Crippen molar-refractivity contribution in [3.05, 3.63) is 80.0 Å². The molecular weight excluding hydrogens is 437 g/mol. The van der Waals surface area contributed by atoms with Gasteiger partial charge in [0, 0.05) is 27.8 Å². The Labute approximate surface area is 178 Å². The summed E-state index contributed by atoms with van der Waals surface area (Å²) in [6, 6.07) is 11.4. The quantitative estimate of drug-likeness (QED) is 0.260. The van der Waals surface area contributed by atoms with Crippen molar-refractivity contribution in [1.82, 2.24) is 4.98 Å². The second-order valence-corrected chi connectivity index (χ2v) is 7.62. The van der Waals surface area contributed by atoms with Crippen molar-refractivity contribution in [1.29, 1.82) is 0 Å². The fraction of sp³-hybridized carbons (Fsp3) is 0. The summed E-state index contributed by atoms with van der Waals surface area (Å²) in [7, 11) is 0. The number of carbonyl (C=O) groups excluding carboxylic acids is 2. The molecule has 0 amide bonds. The second-order valence-electron chi connectivity index (χ2n) is 6.37. The van der Waals surface area contributed by atoms with E-state index in [1.165, 1.54) is 18.2 Å². The lowest BCUT2D eigenvalue weighted by molar-refractivity contribution is 0.0990. The third kappa shape index (κ3) is 2.99. The zero-order chi connectivity index (χ0) is 20.3. The van der Waals surface area contributed by atoms with E-state index in [0.717, 1.165) is 5.56 Å². The van der Waals surface area contributed by atoms with Gasteiger partial charge >= 0.3 is 0 Å². The summed E-state index contributed by atoms with van der Waals surface area (Å²) in [5.41, 5.74) is 1.79. The molecule has 0 bridgehead atoms. The molecule has 0 unspecified atom stereocenters. The number of halogens is 3. The third-order valence-corrected chi connectivity index (χ3v) is 5.50. The second kappa shape index (κ2) is 6.59. The van der Waals surface area contributed by atoms with E-state index in [-0.39, 0.29) is 38.2 Å². The molecule has 1 aliphatic rings. The topological polar surface area (TPSA) is 73.3 Å². The third-order valence-electron chi connectivity index (χ3n) is 4.53. The minimum absolute atomic E-state index is 0.0346. The lowest BCUT2D eigenvalue weighted by atomic mass is 10.1. The standard InChI is InChI=1S/C21H8Cl3NO4/c22-10-3-1-9(2-4-10)20-25-21-17(29-20)6-11(28-21)5-14-18(26)12-7-15(23)16(24)8-13(12)19(14)27/h1-8H. The number of carbonyl (C=O) groups is 2. The fourth-order valence-corrected chi connectivity index (χ4v) is 3.58. The first-order valence-corrected chi connectivity index (χ1v) is 9.50. The molecule has 0 atom stereocenters. The number of hydrogen-bond acceptors (Lipinski definition) is 5. The number of benzene rings is 2. The average Bonchev–Trinajstić information content (AvgIpc) is 3.31. The van der Waals surface area contributed by atoms with Crippen LogP contribution in [0.3, 0.4) is 0 Å². The van der Waals surface area contributed by atoms with Crippen molar-refractivity contribution in [2.75, 3.05) is 0 Å². The molecular formula is C21H8Cl3NO4. The highest BCUT2D eigenvalue weighted by atomic mass is 35.5. The maximum Gasteiger partial charge on any atom is 0.266 e. The maximum atomic E-state index is 12.6. The number of oxazole rings is 1. The van der Waals surface area contributed by atoms with Crippen molar-refractivity contribution >= 4 is 63.7 Å². The van der Waals surface area contributed by atoms with Crippen molar-refractivity contribution in [2.24, 2.45) is 0 Å². The zero-order valence-corrected chi connectivity index (χ0v) is 16.6. The summed E-state index contributed by atoms with van der Waals surface area (Å²) < 4.78 is 11.3. The summed E-state index contributed by atoms with van der Waals surface area (Å²) in [5, 5.41) is 1.02. The van der Waals surface area contributed by atoms with E-state index in [1.807, 2.05) is 0 Å². The number of furan rings is 1. The lowest BCUT2D eigenvalue weighted by Crippen LogP contribution is -1.99. The van der Waals surface area contributed by atoms with Gasteiger partial charge in [-0.1, -0.05) is 34.8 Å². The number of nitrogens with zero attached hydrogens (tertiary/aromatic N) is 1. The van der Waals surface area contributed by atoms with Crippen LogP contribution in [0.5, 0.6) is 0 Å². The number of ketones is 2. The Hall–Kier alpha value is -2.86. The van der Waals surface area contributed by atoms with Crippen LogP contribution in [0.25, 0.3) is 28.8 Å². The Balaban J connectivity index is 1.51. The first kappa shape index (κ1) is 18.2. The largest absolute Gasteiger partial charge is 0.436 e. The molecule has 8 heteroatoms. The number of allylic oxidation sites excluding steroid dienone is 1. The molecule has 0 aliphatic heterocycles. The van der Waals surface area contributed by atoms with Crippen LogP contribution < -0.4 is 0 Å². The highest BCUT2D eigenvalue weighted by Crippen LogP contribution is 2.35. The van der Waals surface area contributed by atoms with E-state index >= 15 is 0 Å². The Kier molecular flexibility index (Phi) is 4.13. The highest BCUT2D eigenvalue weighted by molar-refractivity contribution is 6.46. The Morgan fingerprint density at radius 1 is 0.828 bits per heavy atom. The minimum Gasteiger partial charge on any atom is -0.436 e. The number of rotatable bonds is 2. The van der Waals surface area contributed by atoms with Crippen LogP contribution in [0.1, 0.15) is 26.5 Å². The molecule has 0 fully saturated rings. The van der Waals surface area contributed by atoms with Crippen molar-refractivity contribution in [2.45, 2.75) is 0 Å². The number of Topliss-reactive ketones (excluding diaryl/α,β-unsaturated/α-hetero) is 2. The molecule has 0 saturated carbocycles. The van der Waals surface area contributed by atoms with Crippen LogP contribution in [0, 0.1) is 0 Å². The predicted octanol–water partition coefficient (Wildman–Crippen LogP) is 6.51. The molecule has 29 heavy (non-hydrogen) atoms. The fourth-order valence-electron chi connectivity index (χ4n) is 3.13. The Morgan fingerprint density at radius 2 is 1.45 bits per heavy atom. The van der Waals surface area contributed by atoms with Crippen LogP contribution in [-0.2, 0) is 0 Å². The molecule has 0 spiro atoms. The molecule has 4 aromatic rings. The number of fused-ring (bicyclic) bond motifs is 2. The van der Waals surface area contributed by atoms with Crippen LogP contribution in [-0.4, -0.2) is 16.6 Å². The summed E-state index contributed by atoms with van der Waals surface area (Å²) in [6.07, 6.45) is 1.37. The molecule has 2 heterocycles. The molecule has 5 nitrogen and oxygen atoms in total. The molecule has 1 aliphatic carbocycles. The van der Waals surface area contributed by atoms with Crippen LogP contribution in [0.15, 0.2) is 56.9 Å². The average molecular weight is 445 g/mol. The summed E-state index contributed by atoms with van der Waals surface area (Å²) in [5.74, 6) is -0.229. The van der Waals surface area contributed by atoms with Gasteiger partial charge in [0.15, 0.2) is 17.1 Å². The summed E-state index contributed by atoms with van der Waals surface area (Å²) in [4.78, 5) is 29.5. The minimum atomic E-state index is -0.439. The van der Waals surface area contributed by atoms with Crippen molar-refractivity contribution in [3.8, 4) is 11.5 Å². The van der Waals surface area contributed by atoms with E-state index < -0.39 is 11.6 Å². The van der Waals surface area contributed by atoms with Crippen LogP contribution in [0.2, 0.25) is 15.1 Å². The van der Waals surface area contributed by atoms with E-state index in [1.54, 1.807) is 30.3 Å². The smallest absolute Gasteiger partial charge is 0.266 e. The van der Waals surface area contributed by atoms with Gasteiger partial charge in [0.05, 0.1) is 15.6 Å². The van der Waals surface area contributed by atoms with Crippen molar-refractivity contribution in [3.63, 3.8) is 0 Å². The Morgan fingerprint density at radius 3 is 2.03 bits per heavy atom. The number of hydrogen-bond donors (Lipinski definition) is 0. The maximum absolute atomic E-state index is 12.6. The van der Waals surface area contributed by atoms with Crippen LogP contribution >= 0.6 is 34.8 Å². The summed E-state index contributed by atoms with van der Waals surface area (Å²) in [6.45, 7) is 0. The lowest BCUT2D eigenvalue weighted by Gasteiger charge is -1.98. The van der Waals surface area contributed by atoms with Gasteiger partial charge in [0.2, 0.25) is 5.89 Å². The molecule has 0 radical (unpaired) electrons. The van der Waals surface area contributed by atoms with Gasteiger partial charge in [-0.15, -0.1) is 0 Å². The molecule has 2 aromatic heterocycles. The van der Waals surface area contributed by atoms with E-state index in [0.29, 0.717) is 16.5 Å². The van der Waals surface area contributed by atoms with Gasteiger partial charge in [-0.25, -0.2) is 0 Å². The van der Waals surface area contributed by atoms with E-state index in [2.05, 4.69) is 4.98 Å². The normalized spacial score (nSPS) is 13.4. The van der Waals surface area contributed by atoms with Crippen molar-refractivity contribution < 1.29 is 18.4 Å². The molecule has 0 saturated heterocycles. The van der Waals surface area contributed by atoms with Gasteiger partial charge in [-0.05, 0) is 42.5 Å². The first-order valence-electron chi connectivity index (χ1n) is 8.37. The molecule has 0 N–H and O–H groups in total. The molecule has 142 valence electrons. The summed E-state index contributed by atoms with van der Waals surface area (Å²) >= 11 is 17.8. The van der Waals surface area contributed by atoms with E-state index in [9.17, 15) is 9.59 Å². The van der Waals surface area contributed by atoms with Gasteiger partial charge in [0.25, 0.3) is 5.71 Å². The predicted molar refractivity (Wildman–Crippen MR) is 110 cm³/mol. The van der Waals surface area contributed by atoms with E-state index in [4.69, 9.17) is 43.6 Å². The molecule has 5 rings (SSSR count). The number of aromatic nitrogens is 1. The van der Waals surface area contributed by atoms with Crippen LogP contribution in [0.4, 0.5) is 0 Å². The first-order chi connectivity index (χ1) is 13.9. The monoisotopic (exact) mass is 443 g/mol. The highest BCUT2D eigenvalue weighted by Gasteiger charge is 2.34. The van der Waals surface area contributed by atoms with Gasteiger partial charge in [-0.2, -0.15) is 4.98 Å². The SMILES string of the molecule is O=C1C(=Cc2cc3oc(-c4ccc(Cl)cc4)nc3o2)C(=O)c2cc(Cl)c(Cl)cc21. The zero-order valence-electron chi connectivity index (χ0n) is 14.3.